The van der Waals surface area contributed by atoms with E-state index in [2.05, 4.69) is 0 Å². The van der Waals surface area contributed by atoms with E-state index in [0.29, 0.717) is 18.8 Å². The van der Waals surface area contributed by atoms with Crippen LogP contribution in [0.5, 0.6) is 0 Å². The predicted molar refractivity (Wildman–Crippen MR) is 59.8 cm³/mol. The maximum Gasteiger partial charge on any atom is 0.307 e. The fourth-order valence-electron chi connectivity index (χ4n) is 2.20. The number of hydrogen-bond donors (Lipinski definition) is 2. The first-order chi connectivity index (χ1) is 6.56. The van der Waals surface area contributed by atoms with Crippen molar-refractivity contribution in [3.8, 4) is 0 Å². The van der Waals surface area contributed by atoms with Crippen LogP contribution in [-0.4, -0.2) is 39.5 Å². The van der Waals surface area contributed by atoms with Gasteiger partial charge in [-0.25, -0.2) is 0 Å². The number of aliphatic carboxylic acids is 2. The number of carboxylic acids is 2. The topological polar surface area (TPSA) is 74.6 Å². The molecule has 0 aromatic rings. The third kappa shape index (κ3) is 3.51. The minimum absolute atomic E-state index is 0. The SMILES string of the molecule is CCC1CCC(C(=O)O)C(C(=O)O)C1.[AlH3]. The fraction of sp³-hybridized carbons (Fsp3) is 0.800. The lowest BCUT2D eigenvalue weighted by Gasteiger charge is -2.30. The molecule has 2 N–H and O–H groups in total. The molecular weight excluding hydrogens is 211 g/mol. The summed E-state index contributed by atoms with van der Waals surface area (Å²) >= 11 is 0. The van der Waals surface area contributed by atoms with E-state index in [1.807, 2.05) is 6.92 Å². The summed E-state index contributed by atoms with van der Waals surface area (Å²) in [4.78, 5) is 21.7. The molecule has 0 amide bonds. The molecule has 86 valence electrons. The zero-order valence-corrected chi connectivity index (χ0v) is 8.27. The van der Waals surface area contributed by atoms with Crippen molar-refractivity contribution in [2.24, 2.45) is 17.8 Å². The third-order valence-electron chi connectivity index (χ3n) is 3.17. The first-order valence-corrected chi connectivity index (χ1v) is 5.01. The average molecular weight is 230 g/mol. The van der Waals surface area contributed by atoms with Crippen LogP contribution < -0.4 is 0 Å². The van der Waals surface area contributed by atoms with Crippen LogP contribution in [0, 0.1) is 17.8 Å². The highest BCUT2D eigenvalue weighted by molar-refractivity contribution is 5.80. The van der Waals surface area contributed by atoms with E-state index >= 15 is 0 Å². The molecule has 1 fully saturated rings. The van der Waals surface area contributed by atoms with E-state index in [4.69, 9.17) is 10.2 Å². The Bertz CT molecular complexity index is 242. The van der Waals surface area contributed by atoms with Gasteiger partial charge in [0.05, 0.1) is 11.8 Å². The molecule has 1 saturated carbocycles. The average Bonchev–Trinajstić information content (AvgIpc) is 2.16. The van der Waals surface area contributed by atoms with E-state index < -0.39 is 23.8 Å². The van der Waals surface area contributed by atoms with Gasteiger partial charge in [-0.2, -0.15) is 0 Å². The Morgan fingerprint density at radius 1 is 1.13 bits per heavy atom. The van der Waals surface area contributed by atoms with Crippen molar-refractivity contribution in [3.63, 3.8) is 0 Å². The van der Waals surface area contributed by atoms with Gasteiger partial charge in [0.15, 0.2) is 17.4 Å². The molecule has 0 radical (unpaired) electrons. The molecule has 3 unspecified atom stereocenters. The van der Waals surface area contributed by atoms with E-state index in [1.165, 1.54) is 0 Å². The lowest BCUT2D eigenvalue weighted by atomic mass is 9.73. The van der Waals surface area contributed by atoms with E-state index in [9.17, 15) is 9.59 Å². The largest absolute Gasteiger partial charge is 0.481 e. The molecule has 15 heavy (non-hydrogen) atoms. The van der Waals surface area contributed by atoms with Crippen LogP contribution in [0.3, 0.4) is 0 Å². The fourth-order valence-corrected chi connectivity index (χ4v) is 2.20. The zero-order chi connectivity index (χ0) is 10.7. The molecule has 0 bridgehead atoms. The minimum atomic E-state index is -0.966. The van der Waals surface area contributed by atoms with Crippen molar-refractivity contribution < 1.29 is 19.8 Å². The second-order valence-corrected chi connectivity index (χ2v) is 3.98. The van der Waals surface area contributed by atoms with Gasteiger partial charge in [-0.3, -0.25) is 9.59 Å². The van der Waals surface area contributed by atoms with Crippen LogP contribution in [-0.2, 0) is 9.59 Å². The van der Waals surface area contributed by atoms with Gasteiger partial charge in [-0.05, 0) is 25.2 Å². The number of rotatable bonds is 3. The summed E-state index contributed by atoms with van der Waals surface area (Å²) in [7, 11) is 0. The van der Waals surface area contributed by atoms with Crippen molar-refractivity contribution in [2.45, 2.75) is 32.6 Å². The summed E-state index contributed by atoms with van der Waals surface area (Å²) in [6.07, 6.45) is 2.81. The van der Waals surface area contributed by atoms with Gasteiger partial charge < -0.3 is 10.2 Å². The van der Waals surface area contributed by atoms with Crippen LogP contribution in [0.4, 0.5) is 0 Å². The second kappa shape index (κ2) is 6.14. The summed E-state index contributed by atoms with van der Waals surface area (Å²) < 4.78 is 0. The summed E-state index contributed by atoms with van der Waals surface area (Å²) in [5.74, 6) is -2.92. The van der Waals surface area contributed by atoms with Crippen molar-refractivity contribution in [2.75, 3.05) is 0 Å². The maximum atomic E-state index is 10.9. The predicted octanol–water partition coefficient (Wildman–Crippen LogP) is 0.414. The zero-order valence-electron chi connectivity index (χ0n) is 8.27. The van der Waals surface area contributed by atoms with Crippen molar-refractivity contribution in [1.29, 1.82) is 0 Å². The lowest BCUT2D eigenvalue weighted by molar-refractivity contribution is -0.156. The van der Waals surface area contributed by atoms with Gasteiger partial charge in [-0.1, -0.05) is 13.3 Å². The first-order valence-electron chi connectivity index (χ1n) is 5.01. The molecule has 1 aliphatic carbocycles. The molecule has 1 rings (SSSR count). The van der Waals surface area contributed by atoms with Gasteiger partial charge in [0.25, 0.3) is 0 Å². The third-order valence-corrected chi connectivity index (χ3v) is 3.17. The van der Waals surface area contributed by atoms with Gasteiger partial charge in [-0.15, -0.1) is 0 Å². The quantitative estimate of drug-likeness (QED) is 0.689. The van der Waals surface area contributed by atoms with Crippen LogP contribution in [0.1, 0.15) is 32.6 Å². The molecule has 0 spiro atoms. The molecule has 0 aliphatic heterocycles. The van der Waals surface area contributed by atoms with Crippen molar-refractivity contribution >= 4 is 29.3 Å². The van der Waals surface area contributed by atoms with Gasteiger partial charge in [0, 0.05) is 0 Å². The van der Waals surface area contributed by atoms with Crippen LogP contribution in [0.2, 0.25) is 0 Å². The molecule has 4 nitrogen and oxygen atoms in total. The number of carbonyl (C=O) groups is 2. The normalized spacial score (nSPS) is 30.3. The number of carboxylic acid groups (broad SMARTS) is 2. The molecule has 0 heterocycles. The van der Waals surface area contributed by atoms with Crippen LogP contribution >= 0.6 is 0 Å². The van der Waals surface area contributed by atoms with Gasteiger partial charge >= 0.3 is 11.9 Å². The Morgan fingerprint density at radius 2 is 1.67 bits per heavy atom. The molecule has 0 aromatic carbocycles. The summed E-state index contributed by atoms with van der Waals surface area (Å²) in [5, 5.41) is 17.8. The van der Waals surface area contributed by atoms with E-state index in [-0.39, 0.29) is 17.4 Å². The Hall–Kier alpha value is -0.528. The van der Waals surface area contributed by atoms with E-state index in [1.54, 1.807) is 0 Å². The van der Waals surface area contributed by atoms with Gasteiger partial charge in [0.2, 0.25) is 0 Å². The number of hydrogen-bond acceptors (Lipinski definition) is 2. The molecule has 0 aromatic heterocycles. The highest BCUT2D eigenvalue weighted by atomic mass is 27.0. The lowest BCUT2D eigenvalue weighted by Crippen LogP contribution is -2.35. The standard InChI is InChI=1S/C10H16O4.Al.3H/c1-2-6-3-4-7(9(11)12)8(5-6)10(13)14;;;;/h6-8H,2-5H2,1H3,(H,11,12)(H,13,14);;;;. The Kier molecular flexibility index (Phi) is 5.93. The Balaban J connectivity index is 0.00000196. The molecular formula is C10H19AlO4. The van der Waals surface area contributed by atoms with Crippen molar-refractivity contribution in [3.05, 3.63) is 0 Å². The highest BCUT2D eigenvalue weighted by Crippen LogP contribution is 2.35. The Labute approximate surface area is 99.8 Å². The maximum absolute atomic E-state index is 10.9. The summed E-state index contributed by atoms with van der Waals surface area (Å²) in [6.45, 7) is 2.02. The van der Waals surface area contributed by atoms with Gasteiger partial charge in [0.1, 0.15) is 0 Å². The van der Waals surface area contributed by atoms with Crippen molar-refractivity contribution in [1.82, 2.24) is 0 Å². The van der Waals surface area contributed by atoms with E-state index in [0.717, 1.165) is 12.8 Å². The smallest absolute Gasteiger partial charge is 0.307 e. The molecule has 5 heteroatoms. The second-order valence-electron chi connectivity index (χ2n) is 3.98. The summed E-state index contributed by atoms with van der Waals surface area (Å²) in [6, 6.07) is 0. The monoisotopic (exact) mass is 230 g/mol. The van der Waals surface area contributed by atoms with Crippen LogP contribution in [0.25, 0.3) is 0 Å². The molecule has 3 atom stereocenters. The summed E-state index contributed by atoms with van der Waals surface area (Å²) in [5.41, 5.74) is 0. The molecule has 1 aliphatic rings. The Morgan fingerprint density at radius 3 is 2.07 bits per heavy atom. The highest BCUT2D eigenvalue weighted by Gasteiger charge is 2.38. The first kappa shape index (κ1) is 14.5. The van der Waals surface area contributed by atoms with Crippen LogP contribution in [0.15, 0.2) is 0 Å². The minimum Gasteiger partial charge on any atom is -0.481 e. The molecule has 0 saturated heterocycles.